The van der Waals surface area contributed by atoms with E-state index in [0.717, 1.165) is 11.1 Å². The average Bonchev–Trinajstić information content (AvgIpc) is 2.80. The SMILES string of the molecule is CN(C)C(=N)c1ccc(CN2C(=O)C(c3cccc(C#N)c3)Oc3ccccc32)cc1. The lowest BCUT2D eigenvalue weighted by atomic mass is 10.0. The van der Waals surface area contributed by atoms with Crippen LogP contribution in [0.2, 0.25) is 0 Å². The summed E-state index contributed by atoms with van der Waals surface area (Å²) < 4.78 is 6.04. The zero-order valence-electron chi connectivity index (χ0n) is 17.4. The quantitative estimate of drug-likeness (QED) is 0.518. The van der Waals surface area contributed by atoms with Crippen LogP contribution in [0, 0.1) is 16.7 Å². The summed E-state index contributed by atoms with van der Waals surface area (Å²) in [5.41, 5.74) is 3.61. The molecule has 0 aliphatic carbocycles. The van der Waals surface area contributed by atoms with Crippen LogP contribution in [0.5, 0.6) is 5.75 Å². The van der Waals surface area contributed by atoms with Gasteiger partial charge >= 0.3 is 0 Å². The van der Waals surface area contributed by atoms with Gasteiger partial charge in [-0.25, -0.2) is 0 Å². The minimum atomic E-state index is -0.815. The van der Waals surface area contributed by atoms with Crippen LogP contribution in [0.1, 0.15) is 28.4 Å². The summed E-state index contributed by atoms with van der Waals surface area (Å²) in [5.74, 6) is 0.871. The van der Waals surface area contributed by atoms with Crippen LogP contribution in [0.3, 0.4) is 0 Å². The second kappa shape index (κ2) is 8.33. The van der Waals surface area contributed by atoms with Crippen molar-refractivity contribution in [3.63, 3.8) is 0 Å². The number of nitrogens with zero attached hydrogens (tertiary/aromatic N) is 3. The first-order chi connectivity index (χ1) is 15.0. The summed E-state index contributed by atoms with van der Waals surface area (Å²) in [7, 11) is 3.67. The predicted octanol–water partition coefficient (Wildman–Crippen LogP) is 4.11. The Bertz CT molecular complexity index is 1180. The molecular formula is C25H22N4O2. The minimum absolute atomic E-state index is 0.182. The molecule has 0 fully saturated rings. The molecule has 0 spiro atoms. The van der Waals surface area contributed by atoms with Crippen molar-refractivity contribution in [2.75, 3.05) is 19.0 Å². The standard InChI is InChI=1S/C25H22N4O2/c1-28(2)24(27)19-12-10-17(11-13-19)16-29-21-8-3-4-9-22(21)31-23(25(29)30)20-7-5-6-18(14-20)15-26/h3-14,23,27H,16H2,1-2H3. The second-order valence-corrected chi connectivity index (χ2v) is 7.57. The number of fused-ring (bicyclic) bond motifs is 1. The Morgan fingerprint density at radius 2 is 1.84 bits per heavy atom. The number of nitriles is 1. The van der Waals surface area contributed by atoms with Crippen LogP contribution in [-0.4, -0.2) is 30.7 Å². The molecule has 0 bridgehead atoms. The van der Waals surface area contributed by atoms with E-state index in [1.165, 1.54) is 0 Å². The molecule has 0 saturated carbocycles. The van der Waals surface area contributed by atoms with Gasteiger partial charge in [0.1, 0.15) is 11.6 Å². The van der Waals surface area contributed by atoms with Gasteiger partial charge < -0.3 is 14.5 Å². The molecule has 3 aromatic rings. The van der Waals surface area contributed by atoms with Gasteiger partial charge in [0.25, 0.3) is 5.91 Å². The van der Waals surface area contributed by atoms with Crippen molar-refractivity contribution < 1.29 is 9.53 Å². The van der Waals surface area contributed by atoms with Gasteiger partial charge in [-0.05, 0) is 29.8 Å². The zero-order valence-corrected chi connectivity index (χ0v) is 17.4. The number of amides is 1. The molecule has 1 unspecified atom stereocenters. The van der Waals surface area contributed by atoms with Crippen LogP contribution in [0.15, 0.2) is 72.8 Å². The van der Waals surface area contributed by atoms with E-state index in [4.69, 9.17) is 10.1 Å². The Morgan fingerprint density at radius 3 is 2.55 bits per heavy atom. The van der Waals surface area contributed by atoms with Crippen molar-refractivity contribution >= 4 is 17.4 Å². The summed E-state index contributed by atoms with van der Waals surface area (Å²) in [6.07, 6.45) is -0.815. The van der Waals surface area contributed by atoms with Crippen molar-refractivity contribution in [3.8, 4) is 11.8 Å². The van der Waals surface area contributed by atoms with Crippen molar-refractivity contribution in [1.82, 2.24) is 4.90 Å². The van der Waals surface area contributed by atoms with Gasteiger partial charge in [-0.2, -0.15) is 5.26 Å². The molecular weight excluding hydrogens is 388 g/mol. The number of nitrogens with one attached hydrogen (secondary N) is 1. The Morgan fingerprint density at radius 1 is 1.10 bits per heavy atom. The molecule has 1 amide bonds. The number of ether oxygens (including phenoxy) is 1. The lowest BCUT2D eigenvalue weighted by molar-refractivity contribution is -0.126. The van der Waals surface area contributed by atoms with Crippen LogP contribution in [0.4, 0.5) is 5.69 Å². The number of para-hydroxylation sites is 2. The number of amidine groups is 1. The monoisotopic (exact) mass is 410 g/mol. The second-order valence-electron chi connectivity index (χ2n) is 7.57. The topological polar surface area (TPSA) is 80.4 Å². The first kappa shape index (κ1) is 20.2. The predicted molar refractivity (Wildman–Crippen MR) is 119 cm³/mol. The van der Waals surface area contributed by atoms with Crippen molar-refractivity contribution in [2.24, 2.45) is 0 Å². The molecule has 0 radical (unpaired) electrons. The third-order valence-electron chi connectivity index (χ3n) is 5.22. The van der Waals surface area contributed by atoms with Gasteiger partial charge in [-0.15, -0.1) is 0 Å². The van der Waals surface area contributed by atoms with Crippen LogP contribution >= 0.6 is 0 Å². The first-order valence-corrected chi connectivity index (χ1v) is 9.90. The molecule has 6 nitrogen and oxygen atoms in total. The van der Waals surface area contributed by atoms with Crippen molar-refractivity contribution in [2.45, 2.75) is 12.6 Å². The van der Waals surface area contributed by atoms with E-state index >= 15 is 0 Å². The third kappa shape index (κ3) is 3.99. The fourth-order valence-corrected chi connectivity index (χ4v) is 3.57. The van der Waals surface area contributed by atoms with E-state index in [-0.39, 0.29) is 5.91 Å². The van der Waals surface area contributed by atoms with E-state index in [2.05, 4.69) is 6.07 Å². The number of hydrogen-bond acceptors (Lipinski definition) is 4. The summed E-state index contributed by atoms with van der Waals surface area (Å²) in [4.78, 5) is 16.9. The molecule has 1 N–H and O–H groups in total. The molecule has 1 heterocycles. The number of benzene rings is 3. The highest BCUT2D eigenvalue weighted by atomic mass is 16.5. The Labute approximate surface area is 181 Å². The molecule has 0 aromatic heterocycles. The Kier molecular flexibility index (Phi) is 5.42. The molecule has 1 aliphatic rings. The molecule has 0 saturated heterocycles. The van der Waals surface area contributed by atoms with Crippen LogP contribution in [-0.2, 0) is 11.3 Å². The fourth-order valence-electron chi connectivity index (χ4n) is 3.57. The highest BCUT2D eigenvalue weighted by Gasteiger charge is 2.35. The van der Waals surface area contributed by atoms with Crippen LogP contribution in [0.25, 0.3) is 0 Å². The van der Waals surface area contributed by atoms with E-state index in [9.17, 15) is 10.1 Å². The zero-order chi connectivity index (χ0) is 22.0. The highest BCUT2D eigenvalue weighted by Crippen LogP contribution is 2.39. The Hall–Kier alpha value is -4.11. The summed E-state index contributed by atoms with van der Waals surface area (Å²) in [6.45, 7) is 0.378. The molecule has 1 atom stereocenters. The first-order valence-electron chi connectivity index (χ1n) is 9.90. The van der Waals surface area contributed by atoms with Gasteiger partial charge in [0.15, 0.2) is 0 Å². The normalized spacial score (nSPS) is 14.9. The molecule has 154 valence electrons. The van der Waals surface area contributed by atoms with E-state index in [1.807, 2.05) is 62.6 Å². The Balaban J connectivity index is 1.66. The van der Waals surface area contributed by atoms with Gasteiger partial charge in [0.2, 0.25) is 6.10 Å². The van der Waals surface area contributed by atoms with E-state index in [0.29, 0.717) is 34.9 Å². The maximum Gasteiger partial charge on any atom is 0.273 e. The van der Waals surface area contributed by atoms with Crippen molar-refractivity contribution in [3.05, 3.63) is 95.1 Å². The minimum Gasteiger partial charge on any atom is -0.474 e. The van der Waals surface area contributed by atoms with Crippen LogP contribution < -0.4 is 9.64 Å². The average molecular weight is 410 g/mol. The smallest absolute Gasteiger partial charge is 0.273 e. The number of hydrogen-bond donors (Lipinski definition) is 1. The summed E-state index contributed by atoms with van der Waals surface area (Å²) in [6, 6.07) is 24.2. The maximum atomic E-state index is 13.4. The van der Waals surface area contributed by atoms with Gasteiger partial charge in [0.05, 0.1) is 23.9 Å². The molecule has 4 rings (SSSR count). The number of carbonyl (C=O) groups is 1. The van der Waals surface area contributed by atoms with Gasteiger partial charge in [0, 0.05) is 25.2 Å². The molecule has 6 heteroatoms. The highest BCUT2D eigenvalue weighted by molar-refractivity contribution is 6.00. The third-order valence-corrected chi connectivity index (χ3v) is 5.22. The molecule has 1 aliphatic heterocycles. The van der Waals surface area contributed by atoms with Gasteiger partial charge in [-0.3, -0.25) is 10.2 Å². The van der Waals surface area contributed by atoms with Crippen molar-refractivity contribution in [1.29, 1.82) is 10.7 Å². The maximum absolute atomic E-state index is 13.4. The van der Waals surface area contributed by atoms with Gasteiger partial charge in [-0.1, -0.05) is 48.5 Å². The largest absolute Gasteiger partial charge is 0.474 e. The number of carbonyl (C=O) groups excluding carboxylic acids is 1. The number of rotatable bonds is 4. The van der Waals surface area contributed by atoms with E-state index in [1.54, 1.807) is 34.1 Å². The summed E-state index contributed by atoms with van der Waals surface area (Å²) >= 11 is 0. The van der Waals surface area contributed by atoms with E-state index < -0.39 is 6.10 Å². The lowest BCUT2D eigenvalue weighted by Gasteiger charge is -2.34. The number of anilines is 1. The fraction of sp³-hybridized carbons (Fsp3) is 0.160. The lowest BCUT2D eigenvalue weighted by Crippen LogP contribution is -2.40. The summed E-state index contributed by atoms with van der Waals surface area (Å²) in [5, 5.41) is 17.3. The molecule has 3 aromatic carbocycles. The molecule has 31 heavy (non-hydrogen) atoms.